The monoisotopic (exact) mass is 217 g/mol. The molecule has 0 heterocycles. The minimum Gasteiger partial charge on any atom is -0.460 e. The summed E-state index contributed by atoms with van der Waals surface area (Å²) in [6.45, 7) is 7.09. The van der Waals surface area contributed by atoms with Crippen molar-refractivity contribution in [3.05, 3.63) is 12.2 Å². The average Bonchev–Trinajstić information content (AvgIpc) is 2.03. The molecule has 0 aliphatic rings. The third kappa shape index (κ3) is 9.00. The Morgan fingerprint density at radius 3 is 2.07 bits per heavy atom. The lowest BCUT2D eigenvalue weighted by Gasteiger charge is -2.14. The van der Waals surface area contributed by atoms with Crippen LogP contribution in [-0.2, 0) is 14.3 Å². The molecule has 90 valence electrons. The zero-order valence-electron chi connectivity index (χ0n) is 8.29. The SMILES string of the molecule is C.C.C=C(C)C(=O)OCCN(C)C(C)=O. The van der Waals surface area contributed by atoms with Crippen LogP contribution in [0.5, 0.6) is 0 Å². The lowest BCUT2D eigenvalue weighted by atomic mass is 10.4. The van der Waals surface area contributed by atoms with Crippen molar-refractivity contribution in [3.8, 4) is 0 Å². The summed E-state index contributed by atoms with van der Waals surface area (Å²) in [5.41, 5.74) is 0.366. The summed E-state index contributed by atoms with van der Waals surface area (Å²) < 4.78 is 4.79. The van der Waals surface area contributed by atoms with E-state index >= 15 is 0 Å². The lowest BCUT2D eigenvalue weighted by molar-refractivity contribution is -0.141. The van der Waals surface area contributed by atoms with E-state index in [-0.39, 0.29) is 27.4 Å². The highest BCUT2D eigenvalue weighted by molar-refractivity contribution is 5.86. The van der Waals surface area contributed by atoms with Gasteiger partial charge in [0.25, 0.3) is 0 Å². The van der Waals surface area contributed by atoms with Gasteiger partial charge in [0.1, 0.15) is 6.61 Å². The van der Waals surface area contributed by atoms with Gasteiger partial charge in [0, 0.05) is 19.5 Å². The average molecular weight is 217 g/mol. The number of nitrogens with zero attached hydrogens (tertiary/aromatic N) is 1. The van der Waals surface area contributed by atoms with Gasteiger partial charge in [-0.15, -0.1) is 0 Å². The van der Waals surface area contributed by atoms with E-state index in [1.807, 2.05) is 0 Å². The normalized spacial score (nSPS) is 7.93. The van der Waals surface area contributed by atoms with Gasteiger partial charge in [-0.1, -0.05) is 21.4 Å². The van der Waals surface area contributed by atoms with Crippen LogP contribution in [0.4, 0.5) is 0 Å². The van der Waals surface area contributed by atoms with E-state index in [1.54, 1.807) is 14.0 Å². The number of hydrogen-bond acceptors (Lipinski definition) is 3. The Hall–Kier alpha value is -1.32. The molecule has 1 amide bonds. The van der Waals surface area contributed by atoms with Crippen molar-refractivity contribution in [2.45, 2.75) is 28.7 Å². The molecule has 0 aromatic rings. The molecular weight excluding hydrogens is 194 g/mol. The Bertz CT molecular complexity index is 224. The smallest absolute Gasteiger partial charge is 0.333 e. The summed E-state index contributed by atoms with van der Waals surface area (Å²) in [6, 6.07) is 0. The van der Waals surface area contributed by atoms with E-state index in [4.69, 9.17) is 4.74 Å². The lowest BCUT2D eigenvalue weighted by Crippen LogP contribution is -2.28. The molecule has 0 aliphatic carbocycles. The maximum atomic E-state index is 10.9. The number of carbonyl (C=O) groups excluding carboxylic acids is 2. The topological polar surface area (TPSA) is 46.6 Å². The molecule has 0 rings (SSSR count). The molecule has 4 nitrogen and oxygen atoms in total. The van der Waals surface area contributed by atoms with E-state index in [1.165, 1.54) is 11.8 Å². The molecule has 0 atom stereocenters. The summed E-state index contributed by atoms with van der Waals surface area (Å²) in [4.78, 5) is 23.1. The summed E-state index contributed by atoms with van der Waals surface area (Å²) in [7, 11) is 1.65. The number of esters is 1. The van der Waals surface area contributed by atoms with Crippen molar-refractivity contribution < 1.29 is 14.3 Å². The third-order valence-electron chi connectivity index (χ3n) is 1.55. The zero-order valence-corrected chi connectivity index (χ0v) is 8.29. The molecule has 4 heteroatoms. The summed E-state index contributed by atoms with van der Waals surface area (Å²) in [6.07, 6.45) is 0. The fourth-order valence-electron chi connectivity index (χ4n) is 0.556. The molecule has 0 bridgehead atoms. The summed E-state index contributed by atoms with van der Waals surface area (Å²) in [5, 5.41) is 0. The fourth-order valence-corrected chi connectivity index (χ4v) is 0.556. The number of carbonyl (C=O) groups is 2. The molecule has 0 N–H and O–H groups in total. The van der Waals surface area contributed by atoms with Crippen molar-refractivity contribution in [3.63, 3.8) is 0 Å². The maximum absolute atomic E-state index is 10.9. The van der Waals surface area contributed by atoms with Gasteiger partial charge in [-0.2, -0.15) is 0 Å². The van der Waals surface area contributed by atoms with Gasteiger partial charge < -0.3 is 9.64 Å². The number of ether oxygens (including phenoxy) is 1. The molecule has 0 unspecified atom stereocenters. The van der Waals surface area contributed by atoms with Crippen molar-refractivity contribution in [2.24, 2.45) is 0 Å². The van der Waals surface area contributed by atoms with Crippen LogP contribution in [0, 0.1) is 0 Å². The van der Waals surface area contributed by atoms with Gasteiger partial charge in [0.15, 0.2) is 0 Å². The zero-order chi connectivity index (χ0) is 10.4. The van der Waals surface area contributed by atoms with E-state index in [2.05, 4.69) is 6.58 Å². The maximum Gasteiger partial charge on any atom is 0.333 e. The van der Waals surface area contributed by atoms with Crippen LogP contribution in [0.15, 0.2) is 12.2 Å². The van der Waals surface area contributed by atoms with Crippen molar-refractivity contribution in [1.29, 1.82) is 0 Å². The van der Waals surface area contributed by atoms with Crippen molar-refractivity contribution >= 4 is 11.9 Å². The summed E-state index contributed by atoms with van der Waals surface area (Å²) >= 11 is 0. The van der Waals surface area contributed by atoms with Crippen LogP contribution in [0.1, 0.15) is 28.7 Å². The molecule has 0 fully saturated rings. The van der Waals surface area contributed by atoms with Crippen LogP contribution < -0.4 is 0 Å². The van der Waals surface area contributed by atoms with Gasteiger partial charge in [0.2, 0.25) is 5.91 Å². The van der Waals surface area contributed by atoms with Crippen LogP contribution >= 0.6 is 0 Å². The second-order valence-electron chi connectivity index (χ2n) is 2.86. The van der Waals surface area contributed by atoms with E-state index < -0.39 is 5.97 Å². The molecule has 0 aromatic carbocycles. The van der Waals surface area contributed by atoms with E-state index in [0.29, 0.717) is 12.1 Å². The van der Waals surface area contributed by atoms with E-state index in [0.717, 1.165) is 0 Å². The standard InChI is InChI=1S/C9H15NO3.2CH4/c1-7(2)9(12)13-6-5-10(4)8(3)11;;/h1,5-6H2,2-4H3;2*1H4. The minimum absolute atomic E-state index is 0. The summed E-state index contributed by atoms with van der Waals surface area (Å²) in [5.74, 6) is -0.469. The Morgan fingerprint density at radius 1 is 1.27 bits per heavy atom. The minimum atomic E-state index is -0.419. The van der Waals surface area contributed by atoms with Gasteiger partial charge in [0.05, 0.1) is 6.54 Å². The fraction of sp³-hybridized carbons (Fsp3) is 0.636. The van der Waals surface area contributed by atoms with Crippen LogP contribution in [0.2, 0.25) is 0 Å². The number of amides is 1. The molecule has 0 aromatic heterocycles. The molecule has 0 aliphatic heterocycles. The molecule has 0 radical (unpaired) electrons. The highest BCUT2D eigenvalue weighted by Gasteiger charge is 2.05. The van der Waals surface area contributed by atoms with Crippen LogP contribution in [-0.4, -0.2) is 37.0 Å². The molecule has 15 heavy (non-hydrogen) atoms. The predicted molar refractivity (Wildman–Crippen MR) is 62.5 cm³/mol. The Balaban J connectivity index is -0.000000720. The van der Waals surface area contributed by atoms with Crippen LogP contribution in [0.3, 0.4) is 0 Å². The Kier molecular flexibility index (Phi) is 11.9. The van der Waals surface area contributed by atoms with Gasteiger partial charge in [-0.05, 0) is 6.92 Å². The largest absolute Gasteiger partial charge is 0.460 e. The van der Waals surface area contributed by atoms with Gasteiger partial charge in [-0.25, -0.2) is 4.79 Å². The highest BCUT2D eigenvalue weighted by Crippen LogP contribution is 1.92. The van der Waals surface area contributed by atoms with Gasteiger partial charge in [-0.3, -0.25) is 4.79 Å². The first kappa shape index (κ1) is 19.3. The van der Waals surface area contributed by atoms with E-state index in [9.17, 15) is 9.59 Å². The van der Waals surface area contributed by atoms with Crippen molar-refractivity contribution in [2.75, 3.05) is 20.2 Å². The number of likely N-dealkylation sites (N-methyl/N-ethyl adjacent to an activating group) is 1. The predicted octanol–water partition coefficient (Wildman–Crippen LogP) is 1.86. The molecule has 0 saturated carbocycles. The van der Waals surface area contributed by atoms with Crippen molar-refractivity contribution in [1.82, 2.24) is 4.90 Å². The number of rotatable bonds is 4. The first-order chi connectivity index (χ1) is 5.95. The highest BCUT2D eigenvalue weighted by atomic mass is 16.5. The quantitative estimate of drug-likeness (QED) is 0.533. The number of hydrogen-bond donors (Lipinski definition) is 0. The Morgan fingerprint density at radius 2 is 1.73 bits per heavy atom. The second-order valence-corrected chi connectivity index (χ2v) is 2.86. The van der Waals surface area contributed by atoms with Gasteiger partial charge >= 0.3 is 5.97 Å². The molecular formula is C11H23NO3. The first-order valence-electron chi connectivity index (χ1n) is 3.99. The Labute approximate surface area is 92.9 Å². The van der Waals surface area contributed by atoms with Crippen LogP contribution in [0.25, 0.3) is 0 Å². The third-order valence-corrected chi connectivity index (χ3v) is 1.55. The first-order valence-corrected chi connectivity index (χ1v) is 3.99. The molecule has 0 saturated heterocycles. The second kappa shape index (κ2) is 9.24. The molecule has 0 spiro atoms.